The highest BCUT2D eigenvalue weighted by molar-refractivity contribution is 5.94. The standard InChI is InChI=1S/C17H21FN2O/c18-16-3-1-2-14(10-16)17(21)20-7-6-19-11-15-9-12-4-5-13(15)8-12/h1-5,10,12-13,15,19H,6-9,11H2,(H,20,21). The zero-order valence-electron chi connectivity index (χ0n) is 12.0. The Labute approximate surface area is 124 Å². The van der Waals surface area contributed by atoms with Crippen LogP contribution in [0, 0.1) is 23.6 Å². The molecule has 112 valence electrons. The van der Waals surface area contributed by atoms with Crippen molar-refractivity contribution in [3.8, 4) is 0 Å². The minimum atomic E-state index is -0.384. The van der Waals surface area contributed by atoms with Gasteiger partial charge in [0.1, 0.15) is 5.82 Å². The SMILES string of the molecule is O=C(NCCNCC1CC2C=CC1C2)c1cccc(F)c1. The van der Waals surface area contributed by atoms with E-state index in [2.05, 4.69) is 22.8 Å². The molecular formula is C17H21FN2O. The van der Waals surface area contributed by atoms with Gasteiger partial charge in [0, 0.05) is 18.7 Å². The molecule has 0 saturated heterocycles. The largest absolute Gasteiger partial charge is 0.351 e. The second-order valence-electron chi connectivity index (χ2n) is 6.01. The first-order chi connectivity index (χ1) is 10.2. The summed E-state index contributed by atoms with van der Waals surface area (Å²) in [6, 6.07) is 5.75. The molecule has 3 atom stereocenters. The molecule has 2 bridgehead atoms. The van der Waals surface area contributed by atoms with E-state index in [0.717, 1.165) is 30.8 Å². The monoisotopic (exact) mass is 288 g/mol. The fourth-order valence-electron chi connectivity index (χ4n) is 3.41. The number of halogens is 1. The van der Waals surface area contributed by atoms with Crippen LogP contribution in [0.15, 0.2) is 36.4 Å². The van der Waals surface area contributed by atoms with Gasteiger partial charge in [0.25, 0.3) is 5.91 Å². The Balaban J connectivity index is 1.33. The van der Waals surface area contributed by atoms with Crippen molar-refractivity contribution in [2.75, 3.05) is 19.6 Å². The van der Waals surface area contributed by atoms with Crippen LogP contribution in [0.3, 0.4) is 0 Å². The van der Waals surface area contributed by atoms with Crippen LogP contribution in [0.2, 0.25) is 0 Å². The Morgan fingerprint density at radius 1 is 1.24 bits per heavy atom. The van der Waals surface area contributed by atoms with Crippen LogP contribution < -0.4 is 10.6 Å². The first-order valence-electron chi connectivity index (χ1n) is 7.65. The molecule has 0 aliphatic heterocycles. The van der Waals surface area contributed by atoms with Crippen molar-refractivity contribution < 1.29 is 9.18 Å². The van der Waals surface area contributed by atoms with Crippen molar-refractivity contribution in [1.82, 2.24) is 10.6 Å². The molecule has 1 aromatic rings. The van der Waals surface area contributed by atoms with Crippen LogP contribution in [0.25, 0.3) is 0 Å². The first kappa shape index (κ1) is 14.3. The van der Waals surface area contributed by atoms with Crippen LogP contribution in [0.4, 0.5) is 4.39 Å². The van der Waals surface area contributed by atoms with Gasteiger partial charge in [-0.3, -0.25) is 4.79 Å². The smallest absolute Gasteiger partial charge is 0.251 e. The van der Waals surface area contributed by atoms with Crippen molar-refractivity contribution in [3.05, 3.63) is 47.8 Å². The normalized spacial score (nSPS) is 26.2. The zero-order valence-corrected chi connectivity index (χ0v) is 12.0. The molecule has 2 aliphatic carbocycles. The second-order valence-corrected chi connectivity index (χ2v) is 6.01. The Morgan fingerprint density at radius 3 is 2.86 bits per heavy atom. The summed E-state index contributed by atoms with van der Waals surface area (Å²) in [7, 11) is 0. The van der Waals surface area contributed by atoms with Crippen molar-refractivity contribution in [2.45, 2.75) is 12.8 Å². The van der Waals surface area contributed by atoms with Gasteiger partial charge in [0.2, 0.25) is 0 Å². The maximum absolute atomic E-state index is 13.0. The van der Waals surface area contributed by atoms with E-state index in [1.807, 2.05) is 0 Å². The molecule has 3 unspecified atom stereocenters. The number of hydrogen-bond acceptors (Lipinski definition) is 2. The number of carbonyl (C=O) groups excluding carboxylic acids is 1. The minimum absolute atomic E-state index is 0.223. The lowest BCUT2D eigenvalue weighted by Crippen LogP contribution is -2.34. The van der Waals surface area contributed by atoms with Crippen molar-refractivity contribution in [2.24, 2.45) is 17.8 Å². The lowest BCUT2D eigenvalue weighted by Gasteiger charge is -2.18. The van der Waals surface area contributed by atoms with E-state index < -0.39 is 0 Å². The van der Waals surface area contributed by atoms with Crippen molar-refractivity contribution in [3.63, 3.8) is 0 Å². The summed E-state index contributed by atoms with van der Waals surface area (Å²) in [5.74, 6) is 1.70. The summed E-state index contributed by atoms with van der Waals surface area (Å²) in [5, 5.41) is 6.21. The van der Waals surface area contributed by atoms with E-state index in [9.17, 15) is 9.18 Å². The molecule has 4 heteroatoms. The van der Waals surface area contributed by atoms with Gasteiger partial charge in [-0.15, -0.1) is 0 Å². The Kier molecular flexibility index (Phi) is 4.34. The number of allylic oxidation sites excluding steroid dienone is 2. The highest BCUT2D eigenvalue weighted by Gasteiger charge is 2.34. The van der Waals surface area contributed by atoms with Gasteiger partial charge in [0.15, 0.2) is 0 Å². The molecule has 3 nitrogen and oxygen atoms in total. The number of rotatable bonds is 6. The number of nitrogens with one attached hydrogen (secondary N) is 2. The molecule has 0 heterocycles. The molecule has 1 aromatic carbocycles. The minimum Gasteiger partial charge on any atom is -0.351 e. The molecule has 1 saturated carbocycles. The fraction of sp³-hybridized carbons (Fsp3) is 0.471. The number of benzene rings is 1. The van der Waals surface area contributed by atoms with Gasteiger partial charge in [-0.25, -0.2) is 4.39 Å². The molecule has 1 fully saturated rings. The molecule has 2 aliphatic rings. The predicted molar refractivity (Wildman–Crippen MR) is 80.4 cm³/mol. The molecule has 1 amide bonds. The van der Waals surface area contributed by atoms with E-state index in [1.165, 1.54) is 25.0 Å². The molecule has 0 spiro atoms. The number of fused-ring (bicyclic) bond motifs is 2. The molecule has 3 rings (SSSR count). The predicted octanol–water partition coefficient (Wildman–Crippen LogP) is 2.36. The summed E-state index contributed by atoms with van der Waals surface area (Å²) >= 11 is 0. The van der Waals surface area contributed by atoms with Crippen LogP contribution in [0.1, 0.15) is 23.2 Å². The summed E-state index contributed by atoms with van der Waals surface area (Å²) in [5.41, 5.74) is 0.369. The lowest BCUT2D eigenvalue weighted by molar-refractivity contribution is 0.0953. The first-order valence-corrected chi connectivity index (χ1v) is 7.65. The van der Waals surface area contributed by atoms with Gasteiger partial charge in [0.05, 0.1) is 0 Å². The number of hydrogen-bond donors (Lipinski definition) is 2. The molecule has 21 heavy (non-hydrogen) atoms. The molecule has 0 aromatic heterocycles. The lowest BCUT2D eigenvalue weighted by atomic mass is 9.94. The van der Waals surface area contributed by atoms with Crippen LogP contribution >= 0.6 is 0 Å². The maximum atomic E-state index is 13.0. The van der Waals surface area contributed by atoms with Crippen LogP contribution in [0.5, 0.6) is 0 Å². The van der Waals surface area contributed by atoms with Gasteiger partial charge in [-0.2, -0.15) is 0 Å². The number of carbonyl (C=O) groups is 1. The third-order valence-electron chi connectivity index (χ3n) is 4.50. The average molecular weight is 288 g/mol. The third kappa shape index (κ3) is 3.50. The summed E-state index contributed by atoms with van der Waals surface area (Å²) in [6.07, 6.45) is 7.32. The second kappa shape index (κ2) is 6.39. The van der Waals surface area contributed by atoms with Crippen molar-refractivity contribution >= 4 is 5.91 Å². The van der Waals surface area contributed by atoms with Crippen LogP contribution in [-0.2, 0) is 0 Å². The van der Waals surface area contributed by atoms with Gasteiger partial charge in [-0.1, -0.05) is 18.2 Å². The fourth-order valence-corrected chi connectivity index (χ4v) is 3.41. The summed E-state index contributed by atoms with van der Waals surface area (Å²) in [6.45, 7) is 2.33. The third-order valence-corrected chi connectivity index (χ3v) is 4.50. The quantitative estimate of drug-likeness (QED) is 0.623. The van der Waals surface area contributed by atoms with Crippen molar-refractivity contribution in [1.29, 1.82) is 0 Å². The van der Waals surface area contributed by atoms with Gasteiger partial charge >= 0.3 is 0 Å². The van der Waals surface area contributed by atoms with E-state index in [-0.39, 0.29) is 11.7 Å². The van der Waals surface area contributed by atoms with Crippen LogP contribution in [-0.4, -0.2) is 25.5 Å². The van der Waals surface area contributed by atoms with Gasteiger partial charge in [-0.05, 0) is 55.3 Å². The molecular weight excluding hydrogens is 267 g/mol. The van der Waals surface area contributed by atoms with E-state index in [1.54, 1.807) is 12.1 Å². The summed E-state index contributed by atoms with van der Waals surface area (Å²) < 4.78 is 13.0. The Hall–Kier alpha value is -1.68. The van der Waals surface area contributed by atoms with E-state index in [4.69, 9.17) is 0 Å². The van der Waals surface area contributed by atoms with Gasteiger partial charge < -0.3 is 10.6 Å². The molecule has 0 radical (unpaired) electrons. The van der Waals surface area contributed by atoms with E-state index >= 15 is 0 Å². The average Bonchev–Trinajstić information content (AvgIpc) is 3.09. The summed E-state index contributed by atoms with van der Waals surface area (Å²) in [4.78, 5) is 11.8. The Bertz CT molecular complexity index is 543. The maximum Gasteiger partial charge on any atom is 0.251 e. The zero-order chi connectivity index (χ0) is 14.7. The number of amides is 1. The highest BCUT2D eigenvalue weighted by atomic mass is 19.1. The van der Waals surface area contributed by atoms with E-state index in [0.29, 0.717) is 12.1 Å². The topological polar surface area (TPSA) is 41.1 Å². The Morgan fingerprint density at radius 2 is 2.14 bits per heavy atom. The molecule has 2 N–H and O–H groups in total. The highest BCUT2D eigenvalue weighted by Crippen LogP contribution is 2.42.